The molecule has 2 aromatic rings. The van der Waals surface area contributed by atoms with E-state index in [9.17, 15) is 9.59 Å². The molecule has 0 aliphatic rings. The predicted octanol–water partition coefficient (Wildman–Crippen LogP) is 4.50. The van der Waals surface area contributed by atoms with Crippen molar-refractivity contribution in [3.63, 3.8) is 0 Å². The van der Waals surface area contributed by atoms with Gasteiger partial charge in [-0.15, -0.1) is 0 Å². The number of esters is 2. The second-order valence-electron chi connectivity index (χ2n) is 6.67. The van der Waals surface area contributed by atoms with Gasteiger partial charge in [0, 0.05) is 11.2 Å². The molecule has 0 radical (unpaired) electrons. The summed E-state index contributed by atoms with van der Waals surface area (Å²) >= 11 is 0. The maximum Gasteiger partial charge on any atom is 0.326 e. The number of hydrogen-bond donors (Lipinski definition) is 0. The topological polar surface area (TPSA) is 57.5 Å². The SMILES string of the molecule is CC.CCOC(=O)CCc1cc2ccccc2n1CC(=O)OC(C)(C)C. The van der Waals surface area contributed by atoms with Crippen LogP contribution < -0.4 is 0 Å². The zero-order chi connectivity index (χ0) is 19.7. The fourth-order valence-electron chi connectivity index (χ4n) is 2.63. The van der Waals surface area contributed by atoms with Crippen LogP contribution in [0.2, 0.25) is 0 Å². The summed E-state index contributed by atoms with van der Waals surface area (Å²) in [4.78, 5) is 23.9. The molecule has 0 unspecified atom stereocenters. The molecule has 5 nitrogen and oxygen atoms in total. The number of fused-ring (bicyclic) bond motifs is 1. The fraction of sp³-hybridized carbons (Fsp3) is 0.524. The van der Waals surface area contributed by atoms with Crippen LogP contribution in [0.5, 0.6) is 0 Å². The highest BCUT2D eigenvalue weighted by atomic mass is 16.6. The van der Waals surface area contributed by atoms with Crippen molar-refractivity contribution in [2.75, 3.05) is 6.61 Å². The number of para-hydroxylation sites is 1. The number of hydrogen-bond acceptors (Lipinski definition) is 4. The molecule has 1 aromatic carbocycles. The first kappa shape index (κ1) is 21.7. The van der Waals surface area contributed by atoms with Crippen LogP contribution in [0.25, 0.3) is 10.9 Å². The zero-order valence-corrected chi connectivity index (χ0v) is 16.8. The van der Waals surface area contributed by atoms with E-state index in [1.807, 2.05) is 69.5 Å². The van der Waals surface area contributed by atoms with E-state index in [-0.39, 0.29) is 18.5 Å². The molecule has 0 amide bonds. The third kappa shape index (κ3) is 6.54. The second kappa shape index (κ2) is 10.00. The Hall–Kier alpha value is -2.30. The Bertz CT molecular complexity index is 725. The van der Waals surface area contributed by atoms with Crippen molar-refractivity contribution >= 4 is 22.8 Å². The summed E-state index contributed by atoms with van der Waals surface area (Å²) in [5.41, 5.74) is 1.36. The van der Waals surface area contributed by atoms with Gasteiger partial charge in [0.2, 0.25) is 0 Å². The summed E-state index contributed by atoms with van der Waals surface area (Å²) in [6.45, 7) is 11.8. The number of rotatable bonds is 6. The van der Waals surface area contributed by atoms with Crippen molar-refractivity contribution in [1.29, 1.82) is 0 Å². The van der Waals surface area contributed by atoms with Crippen LogP contribution in [0, 0.1) is 0 Å². The Labute approximate surface area is 156 Å². The molecule has 1 aromatic heterocycles. The molecule has 0 aliphatic carbocycles. The van der Waals surface area contributed by atoms with Crippen LogP contribution in [0.15, 0.2) is 30.3 Å². The molecule has 0 aliphatic heterocycles. The maximum absolute atomic E-state index is 12.2. The molecular weight excluding hydrogens is 330 g/mol. The van der Waals surface area contributed by atoms with Crippen molar-refractivity contribution < 1.29 is 19.1 Å². The highest BCUT2D eigenvalue weighted by Crippen LogP contribution is 2.22. The van der Waals surface area contributed by atoms with Crippen molar-refractivity contribution in [1.82, 2.24) is 4.57 Å². The summed E-state index contributed by atoms with van der Waals surface area (Å²) in [5.74, 6) is -0.521. The van der Waals surface area contributed by atoms with Gasteiger partial charge in [0.05, 0.1) is 13.0 Å². The summed E-state index contributed by atoms with van der Waals surface area (Å²) < 4.78 is 12.3. The van der Waals surface area contributed by atoms with Crippen LogP contribution in [-0.4, -0.2) is 28.7 Å². The van der Waals surface area contributed by atoms with Gasteiger partial charge >= 0.3 is 11.9 Å². The number of aryl methyl sites for hydroxylation is 1. The Morgan fingerprint density at radius 2 is 1.73 bits per heavy atom. The normalized spacial score (nSPS) is 10.8. The van der Waals surface area contributed by atoms with E-state index >= 15 is 0 Å². The Balaban J connectivity index is 0.00000163. The van der Waals surface area contributed by atoms with E-state index in [0.29, 0.717) is 19.4 Å². The van der Waals surface area contributed by atoms with Crippen molar-refractivity contribution in [2.45, 2.75) is 66.5 Å². The minimum atomic E-state index is -0.523. The van der Waals surface area contributed by atoms with Gasteiger partial charge in [0.15, 0.2) is 0 Å². The van der Waals surface area contributed by atoms with Crippen molar-refractivity contribution in [2.24, 2.45) is 0 Å². The predicted molar refractivity (Wildman–Crippen MR) is 104 cm³/mol. The molecule has 0 atom stereocenters. The van der Waals surface area contributed by atoms with Gasteiger partial charge in [-0.1, -0.05) is 32.0 Å². The third-order valence-corrected chi connectivity index (χ3v) is 3.49. The standard InChI is InChI=1S/C19H25NO4.C2H6/c1-5-23-17(21)11-10-15-12-14-8-6-7-9-16(14)20(15)13-18(22)24-19(2,3)4;1-2/h6-9,12H,5,10-11,13H2,1-4H3;1-2H3. The zero-order valence-electron chi connectivity index (χ0n) is 16.8. The van der Waals surface area contributed by atoms with E-state index in [1.54, 1.807) is 6.92 Å². The Morgan fingerprint density at radius 3 is 2.35 bits per heavy atom. The molecule has 144 valence electrons. The van der Waals surface area contributed by atoms with Crippen LogP contribution in [0.4, 0.5) is 0 Å². The van der Waals surface area contributed by atoms with Crippen LogP contribution in [-0.2, 0) is 32.0 Å². The molecule has 0 fully saturated rings. The first-order valence-corrected chi connectivity index (χ1v) is 9.25. The minimum Gasteiger partial charge on any atom is -0.466 e. The summed E-state index contributed by atoms with van der Waals surface area (Å²) in [7, 11) is 0. The van der Waals surface area contributed by atoms with Gasteiger partial charge in [-0.2, -0.15) is 0 Å². The lowest BCUT2D eigenvalue weighted by molar-refractivity contribution is -0.155. The average Bonchev–Trinajstić information content (AvgIpc) is 2.91. The molecule has 0 bridgehead atoms. The number of carbonyl (C=O) groups is 2. The number of benzene rings is 1. The highest BCUT2D eigenvalue weighted by molar-refractivity contribution is 5.83. The molecule has 0 spiro atoms. The average molecular weight is 361 g/mol. The Morgan fingerprint density at radius 1 is 1.08 bits per heavy atom. The van der Waals surface area contributed by atoms with Gasteiger partial charge in [0.1, 0.15) is 12.1 Å². The van der Waals surface area contributed by atoms with E-state index in [1.165, 1.54) is 0 Å². The molecule has 0 saturated carbocycles. The number of aromatic nitrogens is 1. The highest BCUT2D eigenvalue weighted by Gasteiger charge is 2.19. The molecule has 26 heavy (non-hydrogen) atoms. The third-order valence-electron chi connectivity index (χ3n) is 3.49. The number of nitrogens with zero attached hydrogens (tertiary/aromatic N) is 1. The van der Waals surface area contributed by atoms with E-state index in [0.717, 1.165) is 16.6 Å². The van der Waals surface area contributed by atoms with Crippen molar-refractivity contribution in [3.8, 4) is 0 Å². The fourth-order valence-corrected chi connectivity index (χ4v) is 2.63. The monoisotopic (exact) mass is 361 g/mol. The minimum absolute atomic E-state index is 0.128. The van der Waals surface area contributed by atoms with Crippen LogP contribution in [0.3, 0.4) is 0 Å². The van der Waals surface area contributed by atoms with Gasteiger partial charge < -0.3 is 14.0 Å². The summed E-state index contributed by atoms with van der Waals surface area (Å²) in [5, 5.41) is 1.04. The van der Waals surface area contributed by atoms with E-state index in [2.05, 4.69) is 0 Å². The van der Waals surface area contributed by atoms with Crippen molar-refractivity contribution in [3.05, 3.63) is 36.0 Å². The molecule has 0 saturated heterocycles. The Kier molecular flexibility index (Phi) is 8.36. The number of ether oxygens (including phenoxy) is 2. The second-order valence-corrected chi connectivity index (χ2v) is 6.67. The van der Waals surface area contributed by atoms with E-state index in [4.69, 9.17) is 9.47 Å². The quantitative estimate of drug-likeness (QED) is 0.711. The maximum atomic E-state index is 12.2. The molecule has 5 heteroatoms. The van der Waals surface area contributed by atoms with Crippen LogP contribution in [0.1, 0.15) is 53.7 Å². The molecule has 2 rings (SSSR count). The molecular formula is C21H31NO4. The van der Waals surface area contributed by atoms with Gasteiger partial charge in [-0.3, -0.25) is 9.59 Å². The number of carbonyl (C=O) groups excluding carboxylic acids is 2. The van der Waals surface area contributed by atoms with Gasteiger partial charge in [-0.25, -0.2) is 0 Å². The van der Waals surface area contributed by atoms with E-state index < -0.39 is 5.60 Å². The largest absolute Gasteiger partial charge is 0.466 e. The summed E-state index contributed by atoms with van der Waals surface area (Å²) in [6, 6.07) is 9.86. The lowest BCUT2D eigenvalue weighted by Gasteiger charge is -2.20. The smallest absolute Gasteiger partial charge is 0.326 e. The molecule has 0 N–H and O–H groups in total. The first-order valence-electron chi connectivity index (χ1n) is 9.25. The molecule has 1 heterocycles. The van der Waals surface area contributed by atoms with Gasteiger partial charge in [0.25, 0.3) is 0 Å². The lowest BCUT2D eigenvalue weighted by atomic mass is 10.2. The first-order chi connectivity index (χ1) is 12.3. The van der Waals surface area contributed by atoms with Gasteiger partial charge in [-0.05, 0) is 51.6 Å². The summed E-state index contributed by atoms with van der Waals surface area (Å²) in [6.07, 6.45) is 0.814. The lowest BCUT2D eigenvalue weighted by Crippen LogP contribution is -2.27. The van der Waals surface area contributed by atoms with Crippen LogP contribution >= 0.6 is 0 Å².